The van der Waals surface area contributed by atoms with Gasteiger partial charge in [-0.25, -0.2) is 8.42 Å². The Labute approximate surface area is 170 Å². The summed E-state index contributed by atoms with van der Waals surface area (Å²) >= 11 is 6.08. The van der Waals surface area contributed by atoms with Gasteiger partial charge < -0.3 is 19.5 Å². The number of hydrogen-bond acceptors (Lipinski definition) is 7. The van der Waals surface area contributed by atoms with Crippen LogP contribution < -0.4 is 19.1 Å². The molecule has 0 radical (unpaired) electrons. The van der Waals surface area contributed by atoms with Gasteiger partial charge in [0.2, 0.25) is 15.9 Å². The fourth-order valence-corrected chi connectivity index (χ4v) is 3.87. The van der Waals surface area contributed by atoms with Crippen LogP contribution in [0.15, 0.2) is 12.1 Å². The summed E-state index contributed by atoms with van der Waals surface area (Å²) in [6, 6.07) is 2.88. The molecule has 1 heterocycles. The van der Waals surface area contributed by atoms with Crippen molar-refractivity contribution < 1.29 is 27.4 Å². The molecule has 0 saturated carbocycles. The number of methoxy groups -OCH3 is 2. The first-order valence-corrected chi connectivity index (χ1v) is 10.9. The number of benzene rings is 1. The standard InChI is InChI=1S/C17H26ClN3O6S/c1-25-15-11-14(16(26-2)10-13(15)18)21(28(3,23)24)12-17(22)19-4-5-20-6-8-27-9-7-20/h10-11H,4-9,12H2,1-3H3,(H,19,22). The van der Waals surface area contributed by atoms with Gasteiger partial charge in [0.25, 0.3) is 0 Å². The first-order valence-electron chi connectivity index (χ1n) is 8.72. The molecule has 0 bridgehead atoms. The predicted molar refractivity (Wildman–Crippen MR) is 107 cm³/mol. The molecule has 1 aliphatic rings. The molecule has 0 spiro atoms. The Kier molecular flexibility index (Phi) is 8.17. The molecule has 28 heavy (non-hydrogen) atoms. The number of morpholine rings is 1. The fourth-order valence-electron chi connectivity index (χ4n) is 2.78. The van der Waals surface area contributed by atoms with Crippen LogP contribution in [0.3, 0.4) is 0 Å². The van der Waals surface area contributed by atoms with E-state index in [0.29, 0.717) is 26.3 Å². The van der Waals surface area contributed by atoms with Crippen LogP contribution in [0.25, 0.3) is 0 Å². The molecule has 0 unspecified atom stereocenters. The van der Waals surface area contributed by atoms with Crippen LogP contribution in [0.2, 0.25) is 5.02 Å². The van der Waals surface area contributed by atoms with Crippen molar-refractivity contribution in [1.29, 1.82) is 0 Å². The predicted octanol–water partition coefficient (Wildman–Crippen LogP) is 0.572. The lowest BCUT2D eigenvalue weighted by Crippen LogP contribution is -2.44. The molecule has 0 atom stereocenters. The number of halogens is 1. The highest BCUT2D eigenvalue weighted by atomic mass is 35.5. The van der Waals surface area contributed by atoms with Crippen LogP contribution in [-0.4, -0.2) is 85.6 Å². The molecule has 1 amide bonds. The summed E-state index contributed by atoms with van der Waals surface area (Å²) in [6.07, 6.45) is 1.02. The van der Waals surface area contributed by atoms with Crippen molar-refractivity contribution in [3.8, 4) is 11.5 Å². The zero-order chi connectivity index (χ0) is 20.7. The van der Waals surface area contributed by atoms with E-state index in [1.54, 1.807) is 0 Å². The van der Waals surface area contributed by atoms with Crippen molar-refractivity contribution in [2.45, 2.75) is 0 Å². The summed E-state index contributed by atoms with van der Waals surface area (Å²) in [5.41, 5.74) is 0.176. The lowest BCUT2D eigenvalue weighted by molar-refractivity contribution is -0.119. The molecule has 158 valence electrons. The van der Waals surface area contributed by atoms with Crippen LogP contribution in [-0.2, 0) is 19.6 Å². The second kappa shape index (κ2) is 10.1. The average molecular weight is 436 g/mol. The maximum atomic E-state index is 12.4. The Bertz CT molecular complexity index is 783. The van der Waals surface area contributed by atoms with Crippen LogP contribution in [0.5, 0.6) is 11.5 Å². The zero-order valence-electron chi connectivity index (χ0n) is 16.2. The zero-order valence-corrected chi connectivity index (χ0v) is 17.8. The van der Waals surface area contributed by atoms with E-state index >= 15 is 0 Å². The number of carbonyl (C=O) groups excluding carboxylic acids is 1. The normalized spacial score (nSPS) is 15.1. The minimum atomic E-state index is -3.76. The van der Waals surface area contributed by atoms with Crippen LogP contribution in [0.1, 0.15) is 0 Å². The minimum absolute atomic E-state index is 0.176. The van der Waals surface area contributed by atoms with Gasteiger partial charge in [0.15, 0.2) is 0 Å². The molecular formula is C17H26ClN3O6S. The summed E-state index contributed by atoms with van der Waals surface area (Å²) in [5.74, 6) is 0.0749. The minimum Gasteiger partial charge on any atom is -0.495 e. The molecule has 1 N–H and O–H groups in total. The number of ether oxygens (including phenoxy) is 3. The second-order valence-corrected chi connectivity index (χ2v) is 8.55. The molecule has 1 aliphatic heterocycles. The largest absolute Gasteiger partial charge is 0.495 e. The van der Waals surface area contributed by atoms with Gasteiger partial charge in [-0.1, -0.05) is 11.6 Å². The maximum absolute atomic E-state index is 12.4. The third-order valence-electron chi connectivity index (χ3n) is 4.26. The van der Waals surface area contributed by atoms with Crippen LogP contribution in [0.4, 0.5) is 5.69 Å². The van der Waals surface area contributed by atoms with Crippen molar-refractivity contribution in [3.05, 3.63) is 17.2 Å². The molecule has 0 aromatic heterocycles. The summed E-state index contributed by atoms with van der Waals surface area (Å²) in [5, 5.41) is 3.02. The highest BCUT2D eigenvalue weighted by Gasteiger charge is 2.25. The van der Waals surface area contributed by atoms with Crippen molar-refractivity contribution in [1.82, 2.24) is 10.2 Å². The van der Waals surface area contributed by atoms with E-state index in [1.165, 1.54) is 26.4 Å². The van der Waals surface area contributed by atoms with E-state index in [-0.39, 0.29) is 28.8 Å². The van der Waals surface area contributed by atoms with Gasteiger partial charge in [0.05, 0.1) is 44.4 Å². The van der Waals surface area contributed by atoms with Gasteiger partial charge >= 0.3 is 0 Å². The summed E-state index contributed by atoms with van der Waals surface area (Å²) < 4.78 is 41.3. The summed E-state index contributed by atoms with van der Waals surface area (Å²) in [7, 11) is -0.951. The number of amides is 1. The molecular weight excluding hydrogens is 410 g/mol. The van der Waals surface area contributed by atoms with Gasteiger partial charge in [0, 0.05) is 38.3 Å². The van der Waals surface area contributed by atoms with E-state index in [2.05, 4.69) is 10.2 Å². The summed E-state index contributed by atoms with van der Waals surface area (Å²) in [4.78, 5) is 14.5. The highest BCUT2D eigenvalue weighted by molar-refractivity contribution is 7.92. The van der Waals surface area contributed by atoms with Gasteiger partial charge in [-0.05, 0) is 0 Å². The Morgan fingerprint density at radius 3 is 2.46 bits per heavy atom. The third kappa shape index (κ3) is 6.13. The number of anilines is 1. The van der Waals surface area contributed by atoms with Crippen molar-refractivity contribution >= 4 is 33.2 Å². The summed E-state index contributed by atoms with van der Waals surface area (Å²) in [6.45, 7) is 3.68. The Hall–Kier alpha value is -1.75. The van der Waals surface area contributed by atoms with Crippen molar-refractivity contribution in [2.75, 3.05) is 70.7 Å². The first-order chi connectivity index (χ1) is 13.3. The fraction of sp³-hybridized carbons (Fsp3) is 0.588. The van der Waals surface area contributed by atoms with E-state index in [1.807, 2.05) is 0 Å². The lowest BCUT2D eigenvalue weighted by atomic mass is 10.2. The molecule has 1 aromatic carbocycles. The molecule has 11 heteroatoms. The maximum Gasteiger partial charge on any atom is 0.240 e. The molecule has 2 rings (SSSR count). The number of nitrogens with zero attached hydrogens (tertiary/aromatic N) is 2. The van der Waals surface area contributed by atoms with Crippen LogP contribution in [0, 0.1) is 0 Å². The Morgan fingerprint density at radius 1 is 1.25 bits per heavy atom. The van der Waals surface area contributed by atoms with Crippen molar-refractivity contribution in [3.63, 3.8) is 0 Å². The van der Waals surface area contributed by atoms with E-state index in [0.717, 1.165) is 23.7 Å². The smallest absolute Gasteiger partial charge is 0.240 e. The molecule has 1 fully saturated rings. The Morgan fingerprint density at radius 2 is 1.89 bits per heavy atom. The van der Waals surface area contributed by atoms with Gasteiger partial charge in [-0.3, -0.25) is 14.0 Å². The van der Waals surface area contributed by atoms with E-state index in [9.17, 15) is 13.2 Å². The van der Waals surface area contributed by atoms with E-state index in [4.69, 9.17) is 25.8 Å². The topological polar surface area (TPSA) is 97.4 Å². The van der Waals surface area contributed by atoms with Crippen molar-refractivity contribution in [2.24, 2.45) is 0 Å². The number of rotatable bonds is 9. The lowest BCUT2D eigenvalue weighted by Gasteiger charge is -2.27. The van der Waals surface area contributed by atoms with E-state index < -0.39 is 15.9 Å². The van der Waals surface area contributed by atoms with Crippen LogP contribution >= 0.6 is 11.6 Å². The molecule has 0 aliphatic carbocycles. The first kappa shape index (κ1) is 22.5. The second-order valence-electron chi connectivity index (χ2n) is 6.23. The van der Waals surface area contributed by atoms with Gasteiger partial charge in [0.1, 0.15) is 18.0 Å². The number of carbonyl (C=O) groups is 1. The van der Waals surface area contributed by atoms with Gasteiger partial charge in [-0.2, -0.15) is 0 Å². The van der Waals surface area contributed by atoms with Gasteiger partial charge in [-0.15, -0.1) is 0 Å². The molecule has 1 saturated heterocycles. The number of hydrogen-bond donors (Lipinski definition) is 1. The highest BCUT2D eigenvalue weighted by Crippen LogP contribution is 2.38. The average Bonchev–Trinajstić information content (AvgIpc) is 2.66. The Balaban J connectivity index is 2.10. The number of sulfonamides is 1. The third-order valence-corrected chi connectivity index (χ3v) is 5.69. The number of nitrogens with one attached hydrogen (secondary N) is 1. The quantitative estimate of drug-likeness (QED) is 0.605. The molecule has 1 aromatic rings. The molecule has 9 nitrogen and oxygen atoms in total. The monoisotopic (exact) mass is 435 g/mol. The SMILES string of the molecule is COc1cc(N(CC(=O)NCCN2CCOCC2)S(C)(=O)=O)c(OC)cc1Cl.